The molecule has 1 amide bonds. The maximum absolute atomic E-state index is 13.9. The zero-order valence-corrected chi connectivity index (χ0v) is 26.5. The minimum Gasteiger partial charge on any atom is -0.378 e. The second-order valence-electron chi connectivity index (χ2n) is 12.5. The van der Waals surface area contributed by atoms with Crippen molar-refractivity contribution in [1.29, 1.82) is 0 Å². The largest absolute Gasteiger partial charge is 0.435 e. The molecule has 4 aliphatic rings. The molecule has 0 spiro atoms. The van der Waals surface area contributed by atoms with Gasteiger partial charge in [0.05, 0.1) is 38.2 Å². The molecule has 0 unspecified atom stereocenters. The van der Waals surface area contributed by atoms with Gasteiger partial charge in [-0.1, -0.05) is 24.3 Å². The molecule has 12 heteroatoms. The topological polar surface area (TPSA) is 75.4 Å². The van der Waals surface area contributed by atoms with Crippen LogP contribution in [0.1, 0.15) is 47.8 Å². The molecule has 7 rings (SSSR count). The summed E-state index contributed by atoms with van der Waals surface area (Å²) in [5.41, 5.74) is 5.47. The number of amides is 1. The fraction of sp³-hybridized carbons (Fsp3) is 0.457. The molecule has 9 nitrogen and oxygen atoms in total. The Labute approximate surface area is 272 Å². The summed E-state index contributed by atoms with van der Waals surface area (Å²) >= 11 is 0. The number of ether oxygens (including phenoxy) is 2. The van der Waals surface area contributed by atoms with Gasteiger partial charge in [-0.05, 0) is 79.3 Å². The number of morpholine rings is 2. The summed E-state index contributed by atoms with van der Waals surface area (Å²) in [7, 11) is 0. The summed E-state index contributed by atoms with van der Waals surface area (Å²) in [5, 5.41) is 10.2. The third-order valence-electron chi connectivity index (χ3n) is 9.53. The summed E-state index contributed by atoms with van der Waals surface area (Å²) < 4.78 is 52.3. The van der Waals surface area contributed by atoms with E-state index in [1.165, 1.54) is 11.9 Å². The Morgan fingerprint density at radius 2 is 1.51 bits per heavy atom. The fourth-order valence-electron chi connectivity index (χ4n) is 7.06. The number of benzene rings is 2. The summed E-state index contributed by atoms with van der Waals surface area (Å²) in [5.74, 6) is -0.437. The van der Waals surface area contributed by atoms with E-state index in [4.69, 9.17) is 14.6 Å². The minimum absolute atomic E-state index is 0.0368. The van der Waals surface area contributed by atoms with Crippen molar-refractivity contribution < 1.29 is 27.4 Å². The van der Waals surface area contributed by atoms with Gasteiger partial charge in [0.1, 0.15) is 6.54 Å². The van der Waals surface area contributed by atoms with Crippen molar-refractivity contribution in [1.82, 2.24) is 14.8 Å². The Balaban J connectivity index is 1.19. The van der Waals surface area contributed by atoms with Crippen LogP contribution in [0.25, 0.3) is 6.08 Å². The van der Waals surface area contributed by atoms with Gasteiger partial charge in [-0.3, -0.25) is 9.48 Å². The molecule has 2 atom stereocenters. The number of aromatic nitrogens is 2. The molecule has 0 N–H and O–H groups in total. The minimum atomic E-state index is -4.59. The first-order chi connectivity index (χ1) is 22.7. The van der Waals surface area contributed by atoms with E-state index in [-0.39, 0.29) is 24.2 Å². The summed E-state index contributed by atoms with van der Waals surface area (Å²) in [6.45, 7) is 7.36. The first-order valence-electron chi connectivity index (χ1n) is 16.3. The molecule has 3 aromatic rings. The molecule has 3 aliphatic heterocycles. The molecular formula is C35H39F3N6O3. The number of allylic oxidation sites excluding steroid dienone is 1. The normalized spacial score (nSPS) is 22.9. The van der Waals surface area contributed by atoms with Gasteiger partial charge in [0.25, 0.3) is 5.91 Å². The molecule has 47 heavy (non-hydrogen) atoms. The van der Waals surface area contributed by atoms with E-state index in [1.54, 1.807) is 0 Å². The SMILES string of the molecule is Cc1cc(C(F)(F)F)nn1CC(=O)N1N=C2/C(=C/c3ccc(N4CCOCC4)cc3)CCC[C@H]2[C@@H]1c1ccc(N2CCOCC2)cc1. The predicted octanol–water partition coefficient (Wildman–Crippen LogP) is 5.71. The smallest absolute Gasteiger partial charge is 0.378 e. The van der Waals surface area contributed by atoms with Crippen LogP contribution >= 0.6 is 0 Å². The van der Waals surface area contributed by atoms with Crippen LogP contribution in [0.4, 0.5) is 24.5 Å². The fourth-order valence-corrected chi connectivity index (χ4v) is 7.06. The summed E-state index contributed by atoms with van der Waals surface area (Å²) in [6, 6.07) is 17.3. The van der Waals surface area contributed by atoms with Crippen LogP contribution in [0.15, 0.2) is 65.3 Å². The molecule has 1 saturated carbocycles. The Morgan fingerprint density at radius 3 is 2.09 bits per heavy atom. The van der Waals surface area contributed by atoms with Crippen LogP contribution in [0.5, 0.6) is 0 Å². The first-order valence-corrected chi connectivity index (χ1v) is 16.3. The number of halogens is 3. The summed E-state index contributed by atoms with van der Waals surface area (Å²) in [4.78, 5) is 18.5. The van der Waals surface area contributed by atoms with Gasteiger partial charge in [-0.2, -0.15) is 23.4 Å². The van der Waals surface area contributed by atoms with E-state index < -0.39 is 17.8 Å². The van der Waals surface area contributed by atoms with Crippen molar-refractivity contribution in [3.8, 4) is 0 Å². The zero-order valence-electron chi connectivity index (χ0n) is 26.5. The lowest BCUT2D eigenvalue weighted by molar-refractivity contribution is -0.142. The first kappa shape index (κ1) is 31.4. The molecule has 248 valence electrons. The van der Waals surface area contributed by atoms with Gasteiger partial charge < -0.3 is 19.3 Å². The highest BCUT2D eigenvalue weighted by Crippen LogP contribution is 2.45. The lowest BCUT2D eigenvalue weighted by atomic mass is 9.77. The quantitative estimate of drug-likeness (QED) is 0.341. The number of hydrogen-bond donors (Lipinski definition) is 0. The Morgan fingerprint density at radius 1 is 0.915 bits per heavy atom. The highest BCUT2D eigenvalue weighted by molar-refractivity contribution is 6.08. The average molecular weight is 649 g/mol. The number of fused-ring (bicyclic) bond motifs is 1. The summed E-state index contributed by atoms with van der Waals surface area (Å²) in [6.07, 6.45) is 0.197. The van der Waals surface area contributed by atoms with Crippen molar-refractivity contribution >= 4 is 29.1 Å². The number of carbonyl (C=O) groups excluding carboxylic acids is 1. The van der Waals surface area contributed by atoms with E-state index >= 15 is 0 Å². The zero-order chi connectivity index (χ0) is 32.5. The van der Waals surface area contributed by atoms with Crippen LogP contribution in [0.3, 0.4) is 0 Å². The van der Waals surface area contributed by atoms with Crippen molar-refractivity contribution in [2.24, 2.45) is 11.0 Å². The molecule has 4 heterocycles. The Bertz CT molecular complexity index is 1640. The van der Waals surface area contributed by atoms with Gasteiger partial charge in [0.2, 0.25) is 0 Å². The monoisotopic (exact) mass is 648 g/mol. The molecular weight excluding hydrogens is 609 g/mol. The van der Waals surface area contributed by atoms with E-state index in [0.717, 1.165) is 103 Å². The van der Waals surface area contributed by atoms with Gasteiger partial charge in [-0.25, -0.2) is 5.01 Å². The van der Waals surface area contributed by atoms with Gasteiger partial charge in [0, 0.05) is 49.2 Å². The average Bonchev–Trinajstić information content (AvgIpc) is 3.67. The number of alkyl halides is 3. The van der Waals surface area contributed by atoms with Crippen molar-refractivity contribution in [3.05, 3.63) is 82.7 Å². The third kappa shape index (κ3) is 6.66. The molecule has 3 fully saturated rings. The number of nitrogens with zero attached hydrogens (tertiary/aromatic N) is 6. The number of carbonyl (C=O) groups is 1. The van der Waals surface area contributed by atoms with Crippen LogP contribution in [0, 0.1) is 12.8 Å². The van der Waals surface area contributed by atoms with Gasteiger partial charge in [0.15, 0.2) is 5.69 Å². The molecule has 2 aromatic carbocycles. The number of aryl methyl sites for hydroxylation is 1. The standard InChI is InChI=1S/C35H39F3N6O3/c1-24-21-31(35(36,37)38)39-43(24)23-32(45)44-34(26-7-11-29(12-8-26)42-15-19-47-20-16-42)30-4-2-3-27(33(30)40-44)22-25-5-9-28(10-6-25)41-13-17-46-18-14-41/h5-12,21-22,30,34H,2-4,13-20,23H2,1H3/b27-22+/t30-,34+/m1/s1. The van der Waals surface area contributed by atoms with Gasteiger partial charge >= 0.3 is 6.18 Å². The molecule has 1 aliphatic carbocycles. The second-order valence-corrected chi connectivity index (χ2v) is 12.5. The highest BCUT2D eigenvalue weighted by Gasteiger charge is 2.44. The van der Waals surface area contributed by atoms with E-state index in [1.807, 2.05) is 0 Å². The van der Waals surface area contributed by atoms with E-state index in [9.17, 15) is 18.0 Å². The van der Waals surface area contributed by atoms with Gasteiger partial charge in [-0.15, -0.1) is 0 Å². The number of anilines is 2. The van der Waals surface area contributed by atoms with Crippen LogP contribution in [0.2, 0.25) is 0 Å². The van der Waals surface area contributed by atoms with Crippen molar-refractivity contribution in [2.45, 2.75) is 44.9 Å². The molecule has 0 radical (unpaired) electrons. The lowest BCUT2D eigenvalue weighted by Crippen LogP contribution is -2.36. The predicted molar refractivity (Wildman–Crippen MR) is 173 cm³/mol. The Hall–Kier alpha value is -4.16. The lowest BCUT2D eigenvalue weighted by Gasteiger charge is -2.31. The second kappa shape index (κ2) is 13.2. The number of rotatable bonds is 6. The van der Waals surface area contributed by atoms with E-state index in [2.05, 4.69) is 69.5 Å². The number of hydrazone groups is 1. The molecule has 2 saturated heterocycles. The van der Waals surface area contributed by atoms with Crippen LogP contribution < -0.4 is 9.80 Å². The van der Waals surface area contributed by atoms with E-state index in [0.29, 0.717) is 13.2 Å². The molecule has 0 bridgehead atoms. The van der Waals surface area contributed by atoms with Crippen molar-refractivity contribution in [2.75, 3.05) is 62.4 Å². The van der Waals surface area contributed by atoms with Crippen LogP contribution in [-0.2, 0) is 27.0 Å². The Kier molecular flexibility index (Phi) is 8.80. The number of hydrogen-bond acceptors (Lipinski definition) is 7. The van der Waals surface area contributed by atoms with Crippen LogP contribution in [-0.4, -0.2) is 79.0 Å². The maximum Gasteiger partial charge on any atom is 0.435 e. The maximum atomic E-state index is 13.9. The van der Waals surface area contributed by atoms with Crippen molar-refractivity contribution in [3.63, 3.8) is 0 Å². The highest BCUT2D eigenvalue weighted by atomic mass is 19.4. The molecule has 1 aromatic heterocycles. The third-order valence-corrected chi connectivity index (χ3v) is 9.53.